The molecule has 0 saturated heterocycles. The Kier molecular flexibility index (Phi) is 4.32. The van der Waals surface area contributed by atoms with Crippen molar-refractivity contribution in [2.75, 3.05) is 7.11 Å². The van der Waals surface area contributed by atoms with E-state index in [0.29, 0.717) is 27.8 Å². The highest BCUT2D eigenvalue weighted by atomic mass is 35.5. The minimum atomic E-state index is -0.387. The third-order valence-corrected chi connectivity index (χ3v) is 5.43. The first-order valence-electron chi connectivity index (χ1n) is 9.49. The summed E-state index contributed by atoms with van der Waals surface area (Å²) in [5.41, 5.74) is 4.52. The molecule has 5 rings (SSSR count). The van der Waals surface area contributed by atoms with Crippen molar-refractivity contribution in [1.29, 1.82) is 0 Å². The molecule has 1 aliphatic carbocycles. The first-order chi connectivity index (χ1) is 14.2. The van der Waals surface area contributed by atoms with Gasteiger partial charge in [-0.1, -0.05) is 41.9 Å². The smallest absolute Gasteiger partial charge is 0.338 e. The Balaban J connectivity index is 1.83. The Morgan fingerprint density at radius 3 is 2.48 bits per heavy atom. The average Bonchev–Trinajstić information content (AvgIpc) is 3.54. The zero-order valence-electron chi connectivity index (χ0n) is 15.8. The van der Waals surface area contributed by atoms with Gasteiger partial charge in [0.25, 0.3) is 0 Å². The molecule has 0 radical (unpaired) electrons. The molecule has 144 valence electrons. The van der Waals surface area contributed by atoms with E-state index in [2.05, 4.69) is 0 Å². The number of rotatable bonds is 4. The molecule has 0 bridgehead atoms. The molecule has 6 heteroatoms. The molecule has 2 heterocycles. The van der Waals surface area contributed by atoms with Crippen molar-refractivity contribution >= 4 is 28.6 Å². The van der Waals surface area contributed by atoms with Crippen LogP contribution < -0.4 is 0 Å². The molecule has 1 saturated carbocycles. The summed E-state index contributed by atoms with van der Waals surface area (Å²) < 4.78 is 6.93. The number of pyridine rings is 1. The Labute approximate surface area is 172 Å². The van der Waals surface area contributed by atoms with Crippen LogP contribution in [0, 0.1) is 0 Å². The molecule has 0 N–H and O–H groups in total. The summed E-state index contributed by atoms with van der Waals surface area (Å²) >= 11 is 6.04. The van der Waals surface area contributed by atoms with E-state index < -0.39 is 0 Å². The number of nitrogens with zero attached hydrogens (tertiary/aromatic N) is 3. The van der Waals surface area contributed by atoms with Crippen LogP contribution in [-0.2, 0) is 4.74 Å². The third-order valence-electron chi connectivity index (χ3n) is 5.17. The number of methoxy groups -OCH3 is 1. The lowest BCUT2D eigenvalue weighted by molar-refractivity contribution is 0.0603. The number of hydrogen-bond donors (Lipinski definition) is 0. The second kappa shape index (κ2) is 7.01. The normalized spacial score (nSPS) is 13.6. The van der Waals surface area contributed by atoms with Crippen LogP contribution in [0.1, 0.15) is 34.8 Å². The van der Waals surface area contributed by atoms with Gasteiger partial charge in [0.05, 0.1) is 35.1 Å². The van der Waals surface area contributed by atoms with Crippen molar-refractivity contribution in [1.82, 2.24) is 14.8 Å². The molecule has 5 nitrogen and oxygen atoms in total. The van der Waals surface area contributed by atoms with E-state index in [4.69, 9.17) is 26.4 Å². The maximum Gasteiger partial charge on any atom is 0.338 e. The predicted molar refractivity (Wildman–Crippen MR) is 113 cm³/mol. The zero-order chi connectivity index (χ0) is 20.0. The monoisotopic (exact) mass is 403 g/mol. The number of hydrogen-bond acceptors (Lipinski definition) is 4. The van der Waals surface area contributed by atoms with Crippen molar-refractivity contribution < 1.29 is 9.53 Å². The lowest BCUT2D eigenvalue weighted by atomic mass is 10.0. The number of carbonyl (C=O) groups excluding carboxylic acids is 1. The van der Waals surface area contributed by atoms with Crippen LogP contribution in [0.5, 0.6) is 0 Å². The summed E-state index contributed by atoms with van der Waals surface area (Å²) in [7, 11) is 1.40. The second-order valence-corrected chi connectivity index (χ2v) is 7.60. The van der Waals surface area contributed by atoms with Gasteiger partial charge < -0.3 is 4.74 Å². The van der Waals surface area contributed by atoms with Gasteiger partial charge in [0.2, 0.25) is 0 Å². The Morgan fingerprint density at radius 1 is 1.10 bits per heavy atom. The van der Waals surface area contributed by atoms with Gasteiger partial charge in [-0.25, -0.2) is 14.5 Å². The standard InChI is InChI=1S/C23H18ClN3O2/c1-29-23(28)18-13-19(14-9-11-16(24)12-10-14)25-22-20(18)21(15-7-8-15)26-27(22)17-5-3-2-4-6-17/h2-6,9-13,15H,7-8H2,1H3. The van der Waals surface area contributed by atoms with Crippen LogP contribution in [0.25, 0.3) is 28.0 Å². The first-order valence-corrected chi connectivity index (χ1v) is 9.87. The summed E-state index contributed by atoms with van der Waals surface area (Å²) in [4.78, 5) is 17.6. The number of fused-ring (bicyclic) bond motifs is 1. The fourth-order valence-corrected chi connectivity index (χ4v) is 3.70. The highest BCUT2D eigenvalue weighted by Crippen LogP contribution is 2.44. The fraction of sp³-hybridized carbons (Fsp3) is 0.174. The van der Waals surface area contributed by atoms with E-state index in [9.17, 15) is 4.79 Å². The fourth-order valence-electron chi connectivity index (χ4n) is 3.57. The highest BCUT2D eigenvalue weighted by Gasteiger charge is 2.32. The molecule has 1 aliphatic rings. The van der Waals surface area contributed by atoms with Gasteiger partial charge >= 0.3 is 5.97 Å². The van der Waals surface area contributed by atoms with Crippen LogP contribution >= 0.6 is 11.6 Å². The molecule has 4 aromatic rings. The molecular weight excluding hydrogens is 386 g/mol. The molecule has 0 amide bonds. The van der Waals surface area contributed by atoms with Gasteiger partial charge in [-0.05, 0) is 43.2 Å². The van der Waals surface area contributed by atoms with Crippen molar-refractivity contribution in [3.8, 4) is 16.9 Å². The number of para-hydroxylation sites is 1. The predicted octanol–water partition coefficient (Wildman–Crippen LogP) is 5.40. The van der Waals surface area contributed by atoms with E-state index >= 15 is 0 Å². The maximum atomic E-state index is 12.7. The molecule has 2 aromatic heterocycles. The summed E-state index contributed by atoms with van der Waals surface area (Å²) in [6, 6.07) is 19.0. The van der Waals surface area contributed by atoms with Gasteiger partial charge in [-0.3, -0.25) is 0 Å². The quantitative estimate of drug-likeness (QED) is 0.428. The van der Waals surface area contributed by atoms with Gasteiger partial charge in [0.15, 0.2) is 5.65 Å². The van der Waals surface area contributed by atoms with E-state index in [1.165, 1.54) is 7.11 Å². The maximum absolute atomic E-state index is 12.7. The number of esters is 1. The lowest BCUT2D eigenvalue weighted by Gasteiger charge is -2.08. The van der Waals surface area contributed by atoms with E-state index in [1.54, 1.807) is 6.07 Å². The van der Waals surface area contributed by atoms with Crippen LogP contribution in [0.15, 0.2) is 60.7 Å². The van der Waals surface area contributed by atoms with Crippen molar-refractivity contribution in [3.63, 3.8) is 0 Å². The molecular formula is C23H18ClN3O2. The van der Waals surface area contributed by atoms with Crippen molar-refractivity contribution in [2.24, 2.45) is 0 Å². The largest absolute Gasteiger partial charge is 0.465 e. The molecule has 0 spiro atoms. The van der Waals surface area contributed by atoms with Gasteiger partial charge in [-0.15, -0.1) is 0 Å². The SMILES string of the molecule is COC(=O)c1cc(-c2ccc(Cl)cc2)nc2c1c(C1CC1)nn2-c1ccccc1. The van der Waals surface area contributed by atoms with Crippen molar-refractivity contribution in [2.45, 2.75) is 18.8 Å². The van der Waals surface area contributed by atoms with E-state index in [0.717, 1.165) is 35.2 Å². The average molecular weight is 404 g/mol. The van der Waals surface area contributed by atoms with Crippen LogP contribution in [0.4, 0.5) is 0 Å². The summed E-state index contributed by atoms with van der Waals surface area (Å²) in [6.45, 7) is 0. The topological polar surface area (TPSA) is 57.0 Å². The summed E-state index contributed by atoms with van der Waals surface area (Å²) in [5, 5.41) is 6.30. The van der Waals surface area contributed by atoms with Gasteiger partial charge in [-0.2, -0.15) is 5.10 Å². The number of ether oxygens (including phenoxy) is 1. The zero-order valence-corrected chi connectivity index (χ0v) is 16.6. The minimum Gasteiger partial charge on any atom is -0.465 e. The molecule has 0 unspecified atom stereocenters. The molecule has 1 fully saturated rings. The molecule has 0 atom stereocenters. The van der Waals surface area contributed by atoms with Crippen LogP contribution in [0.2, 0.25) is 5.02 Å². The Morgan fingerprint density at radius 2 is 1.83 bits per heavy atom. The summed E-state index contributed by atoms with van der Waals surface area (Å²) in [6.07, 6.45) is 2.14. The number of aromatic nitrogens is 3. The minimum absolute atomic E-state index is 0.356. The highest BCUT2D eigenvalue weighted by molar-refractivity contribution is 6.30. The molecule has 29 heavy (non-hydrogen) atoms. The lowest BCUT2D eigenvalue weighted by Crippen LogP contribution is -2.05. The van der Waals surface area contributed by atoms with Crippen LogP contribution in [-0.4, -0.2) is 27.8 Å². The third kappa shape index (κ3) is 3.17. The van der Waals surface area contributed by atoms with E-state index in [1.807, 2.05) is 59.3 Å². The van der Waals surface area contributed by atoms with E-state index in [-0.39, 0.29) is 5.97 Å². The Bertz CT molecular complexity index is 1210. The van der Waals surface area contributed by atoms with Gasteiger partial charge in [0.1, 0.15) is 0 Å². The van der Waals surface area contributed by atoms with Crippen molar-refractivity contribution in [3.05, 3.63) is 76.9 Å². The molecule has 0 aliphatic heterocycles. The van der Waals surface area contributed by atoms with Gasteiger partial charge in [0, 0.05) is 16.5 Å². The number of carbonyl (C=O) groups is 1. The molecule has 2 aromatic carbocycles. The first kappa shape index (κ1) is 17.9. The summed E-state index contributed by atoms with van der Waals surface area (Å²) in [5.74, 6) is -0.0313. The Hall–Kier alpha value is -3.18. The number of halogens is 1. The second-order valence-electron chi connectivity index (χ2n) is 7.16. The number of benzene rings is 2. The van der Waals surface area contributed by atoms with Crippen LogP contribution in [0.3, 0.4) is 0 Å².